The van der Waals surface area contributed by atoms with E-state index >= 15 is 0 Å². The summed E-state index contributed by atoms with van der Waals surface area (Å²) in [5.74, 6) is 0.542. The number of carbonyl (C=O) groups is 2. The van der Waals surface area contributed by atoms with Crippen LogP contribution in [0.25, 0.3) is 11.0 Å². The molecule has 2 aromatic heterocycles. The zero-order valence-corrected chi connectivity index (χ0v) is 13.9. The molecule has 1 aromatic carbocycles. The molecule has 1 N–H and O–H groups in total. The number of benzene rings is 1. The smallest absolute Gasteiger partial charge is 0.306 e. The van der Waals surface area contributed by atoms with Crippen LogP contribution in [-0.2, 0) is 20.7 Å². The van der Waals surface area contributed by atoms with E-state index in [0.29, 0.717) is 17.9 Å². The largest absolute Gasteiger partial charge is 0.469 e. The first-order valence-electron chi connectivity index (χ1n) is 8.07. The highest BCUT2D eigenvalue weighted by molar-refractivity contribution is 5.81. The van der Waals surface area contributed by atoms with Gasteiger partial charge in [-0.3, -0.25) is 9.59 Å². The van der Waals surface area contributed by atoms with E-state index < -0.39 is 5.97 Å². The summed E-state index contributed by atoms with van der Waals surface area (Å²) < 4.78 is 15.8. The molecule has 0 aliphatic carbocycles. The van der Waals surface area contributed by atoms with Crippen LogP contribution in [0.4, 0.5) is 0 Å². The number of hydrogen-bond acceptors (Lipinski definition) is 5. The van der Waals surface area contributed by atoms with Gasteiger partial charge in [0.2, 0.25) is 0 Å². The Morgan fingerprint density at radius 3 is 2.80 bits per heavy atom. The van der Waals surface area contributed by atoms with Crippen LogP contribution >= 0.6 is 0 Å². The van der Waals surface area contributed by atoms with E-state index in [1.807, 2.05) is 37.3 Å². The normalized spacial score (nSPS) is 12.0. The van der Waals surface area contributed by atoms with Crippen LogP contribution in [-0.4, -0.2) is 18.5 Å². The van der Waals surface area contributed by atoms with Crippen LogP contribution in [0.3, 0.4) is 0 Å². The van der Waals surface area contributed by atoms with Gasteiger partial charge in [-0.2, -0.15) is 0 Å². The van der Waals surface area contributed by atoms with Gasteiger partial charge in [-0.05, 0) is 31.2 Å². The molecule has 130 valence electrons. The van der Waals surface area contributed by atoms with Crippen LogP contribution in [0.1, 0.15) is 30.9 Å². The van der Waals surface area contributed by atoms with E-state index in [2.05, 4.69) is 5.32 Å². The zero-order chi connectivity index (χ0) is 17.6. The molecule has 3 aromatic rings. The molecule has 25 heavy (non-hydrogen) atoms. The number of esters is 1. The van der Waals surface area contributed by atoms with Gasteiger partial charge in [0.1, 0.15) is 17.1 Å². The molecular weight excluding hydrogens is 322 g/mol. The first-order chi connectivity index (χ1) is 12.1. The van der Waals surface area contributed by atoms with Gasteiger partial charge in [0.05, 0.1) is 18.7 Å². The molecule has 3 rings (SSSR count). The van der Waals surface area contributed by atoms with Gasteiger partial charge < -0.3 is 18.9 Å². The highest BCUT2D eigenvalue weighted by atomic mass is 16.5. The third-order valence-corrected chi connectivity index (χ3v) is 3.77. The first-order valence-corrected chi connectivity index (χ1v) is 8.07. The van der Waals surface area contributed by atoms with E-state index in [4.69, 9.17) is 13.6 Å². The minimum atomic E-state index is -0.442. The van der Waals surface area contributed by atoms with Crippen molar-refractivity contribution < 1.29 is 23.2 Å². The molecule has 0 bridgehead atoms. The van der Waals surface area contributed by atoms with Crippen molar-refractivity contribution in [1.29, 1.82) is 0 Å². The van der Waals surface area contributed by atoms with Crippen molar-refractivity contribution in [3.8, 4) is 0 Å². The summed E-state index contributed by atoms with van der Waals surface area (Å²) in [7, 11) is 0. The first kappa shape index (κ1) is 16.8. The van der Waals surface area contributed by atoms with E-state index in [9.17, 15) is 9.59 Å². The Kier molecular flexibility index (Phi) is 5.18. The lowest BCUT2D eigenvalue weighted by molar-refractivity contribution is -0.148. The summed E-state index contributed by atoms with van der Waals surface area (Å²) in [6, 6.07) is 12.7. The molecular formula is C19H19NO5. The van der Waals surface area contributed by atoms with Crippen molar-refractivity contribution >= 4 is 22.8 Å². The number of furan rings is 2. The van der Waals surface area contributed by atoms with Crippen LogP contribution < -0.4 is 5.32 Å². The number of rotatable bonds is 7. The fraction of sp³-hybridized carbons (Fsp3) is 0.263. The summed E-state index contributed by atoms with van der Waals surface area (Å²) >= 11 is 0. The SMILES string of the molecule is C[C@H](NC(=O)COC(=O)CCc1ccco1)c1cc2ccccc2o1. The number of para-hydroxylation sites is 1. The number of amides is 1. The average molecular weight is 341 g/mol. The van der Waals surface area contributed by atoms with Crippen LogP contribution in [0.15, 0.2) is 57.6 Å². The monoisotopic (exact) mass is 341 g/mol. The van der Waals surface area contributed by atoms with Crippen LogP contribution in [0.2, 0.25) is 0 Å². The summed E-state index contributed by atoms with van der Waals surface area (Å²) in [5.41, 5.74) is 0.767. The predicted octanol–water partition coefficient (Wildman–Crippen LogP) is 3.38. The predicted molar refractivity (Wildman–Crippen MR) is 90.8 cm³/mol. The van der Waals surface area contributed by atoms with E-state index in [1.54, 1.807) is 18.4 Å². The Morgan fingerprint density at radius 2 is 2.04 bits per heavy atom. The van der Waals surface area contributed by atoms with Crippen molar-refractivity contribution in [3.63, 3.8) is 0 Å². The average Bonchev–Trinajstić information content (AvgIpc) is 3.27. The molecule has 6 heteroatoms. The van der Waals surface area contributed by atoms with Gasteiger partial charge in [0.25, 0.3) is 5.91 Å². The fourth-order valence-corrected chi connectivity index (χ4v) is 2.47. The number of carbonyl (C=O) groups excluding carboxylic acids is 2. The number of fused-ring (bicyclic) bond motifs is 1. The Morgan fingerprint density at radius 1 is 1.20 bits per heavy atom. The third-order valence-electron chi connectivity index (χ3n) is 3.77. The summed E-state index contributed by atoms with van der Waals surface area (Å²) in [4.78, 5) is 23.6. The Bertz CT molecular complexity index is 817. The molecule has 0 aliphatic heterocycles. The standard InChI is InChI=1S/C19H19NO5/c1-13(17-11-14-5-2-3-7-16(14)25-17)20-18(21)12-24-19(22)9-8-15-6-4-10-23-15/h2-7,10-11,13H,8-9,12H2,1H3,(H,20,21)/t13-/m0/s1. The number of hydrogen-bond donors (Lipinski definition) is 1. The zero-order valence-electron chi connectivity index (χ0n) is 13.9. The maximum atomic E-state index is 11.9. The summed E-state index contributed by atoms with van der Waals surface area (Å²) in [6.07, 6.45) is 2.16. The minimum absolute atomic E-state index is 0.167. The van der Waals surface area contributed by atoms with Gasteiger partial charge in [-0.25, -0.2) is 0 Å². The Hall–Kier alpha value is -3.02. The van der Waals surface area contributed by atoms with Gasteiger partial charge in [0.15, 0.2) is 6.61 Å². The molecule has 0 saturated heterocycles. The lowest BCUT2D eigenvalue weighted by Crippen LogP contribution is -2.31. The Balaban J connectivity index is 1.44. The molecule has 0 unspecified atom stereocenters. The van der Waals surface area contributed by atoms with Crippen LogP contribution in [0.5, 0.6) is 0 Å². The van der Waals surface area contributed by atoms with Crippen molar-refractivity contribution in [2.24, 2.45) is 0 Å². The quantitative estimate of drug-likeness (QED) is 0.666. The highest BCUT2D eigenvalue weighted by Gasteiger charge is 2.15. The van der Waals surface area contributed by atoms with E-state index in [1.165, 1.54) is 0 Å². The van der Waals surface area contributed by atoms with Crippen molar-refractivity contribution in [3.05, 3.63) is 60.2 Å². The second-order valence-corrected chi connectivity index (χ2v) is 5.72. The van der Waals surface area contributed by atoms with Gasteiger partial charge in [0, 0.05) is 11.8 Å². The maximum absolute atomic E-state index is 11.9. The van der Waals surface area contributed by atoms with Crippen molar-refractivity contribution in [1.82, 2.24) is 5.32 Å². The second-order valence-electron chi connectivity index (χ2n) is 5.72. The summed E-state index contributed by atoms with van der Waals surface area (Å²) in [6.45, 7) is 1.50. The topological polar surface area (TPSA) is 81.7 Å². The highest BCUT2D eigenvalue weighted by Crippen LogP contribution is 2.23. The summed E-state index contributed by atoms with van der Waals surface area (Å²) in [5, 5.41) is 3.73. The van der Waals surface area contributed by atoms with Gasteiger partial charge in [-0.15, -0.1) is 0 Å². The maximum Gasteiger partial charge on any atom is 0.306 e. The van der Waals surface area contributed by atoms with Gasteiger partial charge in [-0.1, -0.05) is 18.2 Å². The number of ether oxygens (including phenoxy) is 1. The number of aryl methyl sites for hydroxylation is 1. The molecule has 0 radical (unpaired) electrons. The molecule has 0 spiro atoms. The Labute approximate surface area is 144 Å². The van der Waals surface area contributed by atoms with Gasteiger partial charge >= 0.3 is 5.97 Å². The second kappa shape index (κ2) is 7.70. The fourth-order valence-electron chi connectivity index (χ4n) is 2.47. The van der Waals surface area contributed by atoms with Crippen molar-refractivity contribution in [2.45, 2.75) is 25.8 Å². The lowest BCUT2D eigenvalue weighted by atomic mass is 10.2. The molecule has 0 aliphatic rings. The molecule has 0 fully saturated rings. The molecule has 1 amide bonds. The van der Waals surface area contributed by atoms with Crippen LogP contribution in [0, 0.1) is 0 Å². The lowest BCUT2D eigenvalue weighted by Gasteiger charge is -2.11. The minimum Gasteiger partial charge on any atom is -0.469 e. The van der Waals surface area contributed by atoms with Crippen molar-refractivity contribution in [2.75, 3.05) is 6.61 Å². The van der Waals surface area contributed by atoms with E-state index in [0.717, 1.165) is 11.0 Å². The molecule has 1 atom stereocenters. The van der Waals surface area contributed by atoms with E-state index in [-0.39, 0.29) is 25.0 Å². The third kappa shape index (κ3) is 4.50. The molecule has 6 nitrogen and oxygen atoms in total. The molecule has 2 heterocycles. The molecule has 0 saturated carbocycles. The number of nitrogens with one attached hydrogen (secondary N) is 1.